The maximum atomic E-state index is 14.6. The predicted octanol–water partition coefficient (Wildman–Crippen LogP) is 7.84. The van der Waals surface area contributed by atoms with Gasteiger partial charge in [0.25, 0.3) is 0 Å². The second-order valence-electron chi connectivity index (χ2n) is 8.24. The summed E-state index contributed by atoms with van der Waals surface area (Å²) in [6.45, 7) is 3.67. The summed E-state index contributed by atoms with van der Waals surface area (Å²) in [6.07, 6.45) is 4.21. The van der Waals surface area contributed by atoms with Gasteiger partial charge >= 0.3 is 0 Å². The summed E-state index contributed by atoms with van der Waals surface area (Å²) in [5.74, 6) is 0.620. The topological polar surface area (TPSA) is 0 Å². The number of allylic oxidation sites excluding steroid dienone is 1. The van der Waals surface area contributed by atoms with E-state index >= 15 is 0 Å². The van der Waals surface area contributed by atoms with Gasteiger partial charge in [-0.3, -0.25) is 0 Å². The lowest BCUT2D eigenvalue weighted by Gasteiger charge is -2.07. The zero-order valence-electron chi connectivity index (χ0n) is 18.8. The Labute approximate surface area is 200 Å². The zero-order chi connectivity index (χ0) is 24.9. The van der Waals surface area contributed by atoms with Gasteiger partial charge in [-0.1, -0.05) is 42.2 Å². The van der Waals surface area contributed by atoms with Crippen molar-refractivity contribution in [1.82, 2.24) is 0 Å². The van der Waals surface area contributed by atoms with E-state index in [0.717, 1.165) is 24.5 Å². The molecule has 4 aromatic carbocycles. The van der Waals surface area contributed by atoms with Gasteiger partial charge in [0.05, 0.1) is 5.56 Å². The van der Waals surface area contributed by atoms with Gasteiger partial charge in [-0.05, 0) is 84.2 Å². The van der Waals surface area contributed by atoms with Crippen molar-refractivity contribution in [3.8, 4) is 11.8 Å². The molecule has 0 fully saturated rings. The average molecular weight is 476 g/mol. The lowest BCUT2D eigenvalue weighted by Crippen LogP contribution is -1.98. The minimum Gasteiger partial charge on any atom is -0.207 e. The maximum absolute atomic E-state index is 14.6. The van der Waals surface area contributed by atoms with Crippen LogP contribution in [0.25, 0.3) is 10.8 Å². The van der Waals surface area contributed by atoms with Crippen LogP contribution in [0.2, 0.25) is 0 Å². The van der Waals surface area contributed by atoms with Crippen molar-refractivity contribution in [2.45, 2.75) is 25.7 Å². The maximum Gasteiger partial charge on any atom is 0.195 e. The van der Waals surface area contributed by atoms with Crippen LogP contribution in [-0.2, 0) is 19.3 Å². The number of benzene rings is 4. The Balaban J connectivity index is 1.47. The number of rotatable bonds is 6. The Morgan fingerprint density at radius 3 is 2.14 bits per heavy atom. The molecule has 0 radical (unpaired) electrons. The molecule has 35 heavy (non-hydrogen) atoms. The van der Waals surface area contributed by atoms with Crippen LogP contribution in [0.15, 0.2) is 73.3 Å². The molecule has 0 amide bonds. The fourth-order valence-electron chi connectivity index (χ4n) is 3.83. The number of aryl methyl sites for hydroxylation is 3. The molecule has 4 aromatic rings. The summed E-state index contributed by atoms with van der Waals surface area (Å²) in [5, 5.41) is 0.0952. The summed E-state index contributed by atoms with van der Waals surface area (Å²) in [5.41, 5.74) is 2.75. The molecule has 0 spiro atoms. The van der Waals surface area contributed by atoms with Gasteiger partial charge < -0.3 is 0 Å². The largest absolute Gasteiger partial charge is 0.207 e. The Morgan fingerprint density at radius 1 is 0.657 bits per heavy atom. The van der Waals surface area contributed by atoms with Crippen LogP contribution in [0.5, 0.6) is 0 Å². The van der Waals surface area contributed by atoms with Gasteiger partial charge in [0, 0.05) is 10.9 Å². The van der Waals surface area contributed by atoms with E-state index in [2.05, 4.69) is 18.4 Å². The predicted molar refractivity (Wildman–Crippen MR) is 129 cm³/mol. The molecule has 0 bridgehead atoms. The van der Waals surface area contributed by atoms with Crippen LogP contribution < -0.4 is 0 Å². The lowest BCUT2D eigenvalue weighted by molar-refractivity contribution is 0.453. The number of fused-ring (bicyclic) bond motifs is 1. The molecule has 0 heterocycles. The summed E-state index contributed by atoms with van der Waals surface area (Å²) >= 11 is 0. The summed E-state index contributed by atoms with van der Waals surface area (Å²) in [6, 6.07) is 14.9. The molecule has 0 aliphatic carbocycles. The molecule has 0 aromatic heterocycles. The highest BCUT2D eigenvalue weighted by atomic mass is 19.2. The van der Waals surface area contributed by atoms with E-state index in [0.29, 0.717) is 29.5 Å². The van der Waals surface area contributed by atoms with E-state index in [1.165, 1.54) is 30.3 Å². The smallest absolute Gasteiger partial charge is 0.195 e. The first-order valence-corrected chi connectivity index (χ1v) is 11.1. The number of halogens is 5. The lowest BCUT2D eigenvalue weighted by atomic mass is 10.00. The van der Waals surface area contributed by atoms with Gasteiger partial charge in [-0.2, -0.15) is 0 Å². The van der Waals surface area contributed by atoms with Crippen molar-refractivity contribution in [3.05, 3.63) is 130 Å². The molecule has 0 atom stereocenters. The van der Waals surface area contributed by atoms with Crippen molar-refractivity contribution in [3.63, 3.8) is 0 Å². The third-order valence-corrected chi connectivity index (χ3v) is 5.79. The number of hydrogen-bond acceptors (Lipinski definition) is 0. The molecule has 0 aliphatic rings. The molecular formula is C30H21F5. The van der Waals surface area contributed by atoms with Crippen molar-refractivity contribution >= 4 is 10.8 Å². The molecular weight excluding hydrogens is 455 g/mol. The number of hydrogen-bond donors (Lipinski definition) is 0. The summed E-state index contributed by atoms with van der Waals surface area (Å²) < 4.78 is 69.7. The van der Waals surface area contributed by atoms with Gasteiger partial charge in [-0.25, -0.2) is 22.0 Å². The molecule has 0 nitrogen and oxygen atoms in total. The second kappa shape index (κ2) is 10.6. The molecule has 0 saturated carbocycles. The first-order chi connectivity index (χ1) is 16.9. The molecule has 0 N–H and O–H groups in total. The van der Waals surface area contributed by atoms with E-state index in [4.69, 9.17) is 0 Å². The van der Waals surface area contributed by atoms with Crippen LogP contribution >= 0.6 is 0 Å². The van der Waals surface area contributed by atoms with E-state index in [1.807, 2.05) is 6.07 Å². The van der Waals surface area contributed by atoms with Crippen LogP contribution in [0.4, 0.5) is 22.0 Å². The van der Waals surface area contributed by atoms with Crippen LogP contribution in [0, 0.1) is 40.9 Å². The third kappa shape index (κ3) is 5.60. The minimum absolute atomic E-state index is 0.0622. The quantitative estimate of drug-likeness (QED) is 0.115. The fourth-order valence-corrected chi connectivity index (χ4v) is 3.83. The normalized spacial score (nSPS) is 10.8. The molecule has 4 rings (SSSR count). The summed E-state index contributed by atoms with van der Waals surface area (Å²) in [4.78, 5) is 0. The Kier molecular flexibility index (Phi) is 7.31. The summed E-state index contributed by atoms with van der Waals surface area (Å²) in [7, 11) is 0. The van der Waals surface area contributed by atoms with E-state index < -0.39 is 23.3 Å². The first-order valence-electron chi connectivity index (χ1n) is 11.1. The Hall–Kier alpha value is -3.91. The SMILES string of the molecule is C=CCCc1ccc(CCc2ccc(C#Cc3ccc4c(F)c(F)c(F)cc4c3)c(F)c2)c(F)c1. The monoisotopic (exact) mass is 476 g/mol. The molecule has 5 heteroatoms. The van der Waals surface area contributed by atoms with E-state index in [-0.39, 0.29) is 22.2 Å². The minimum atomic E-state index is -1.53. The van der Waals surface area contributed by atoms with E-state index in [9.17, 15) is 22.0 Å². The van der Waals surface area contributed by atoms with Crippen LogP contribution in [0.1, 0.15) is 34.2 Å². The molecule has 176 valence electrons. The fraction of sp³-hybridized carbons (Fsp3) is 0.133. The van der Waals surface area contributed by atoms with Crippen molar-refractivity contribution in [2.24, 2.45) is 0 Å². The third-order valence-electron chi connectivity index (χ3n) is 5.79. The Bertz CT molecular complexity index is 1470. The molecule has 0 aliphatic heterocycles. The van der Waals surface area contributed by atoms with Gasteiger partial charge in [-0.15, -0.1) is 6.58 Å². The van der Waals surface area contributed by atoms with E-state index in [1.54, 1.807) is 24.3 Å². The highest BCUT2D eigenvalue weighted by molar-refractivity contribution is 5.84. The first kappa shape index (κ1) is 24.2. The van der Waals surface area contributed by atoms with Crippen LogP contribution in [0.3, 0.4) is 0 Å². The highest BCUT2D eigenvalue weighted by Crippen LogP contribution is 2.24. The Morgan fingerprint density at radius 2 is 1.40 bits per heavy atom. The standard InChI is InChI=1S/C30H21F5/c1-2-3-4-19-5-10-22(26(31)16-19)12-7-21-8-13-23(27(32)17-21)11-6-20-9-14-25-24(15-20)18-28(33)30(35)29(25)34/h2,5,8-10,13-18H,1,3-4,7,12H2. The average Bonchev–Trinajstić information content (AvgIpc) is 2.85. The van der Waals surface area contributed by atoms with Crippen molar-refractivity contribution in [2.75, 3.05) is 0 Å². The second-order valence-corrected chi connectivity index (χ2v) is 8.24. The van der Waals surface area contributed by atoms with Gasteiger partial charge in [0.1, 0.15) is 11.6 Å². The van der Waals surface area contributed by atoms with Crippen molar-refractivity contribution < 1.29 is 22.0 Å². The van der Waals surface area contributed by atoms with Crippen LogP contribution in [-0.4, -0.2) is 0 Å². The molecule has 0 unspecified atom stereocenters. The van der Waals surface area contributed by atoms with Gasteiger partial charge in [0.15, 0.2) is 17.5 Å². The zero-order valence-corrected chi connectivity index (χ0v) is 18.8. The highest BCUT2D eigenvalue weighted by Gasteiger charge is 2.13. The van der Waals surface area contributed by atoms with Gasteiger partial charge in [0.2, 0.25) is 0 Å². The van der Waals surface area contributed by atoms with Crippen molar-refractivity contribution in [1.29, 1.82) is 0 Å². The molecule has 0 saturated heterocycles.